The number of fused-ring (bicyclic) bond motifs is 1. The topological polar surface area (TPSA) is 119 Å². The normalized spacial score (nSPS) is 12.4. The van der Waals surface area contributed by atoms with Crippen molar-refractivity contribution < 1.29 is 17.6 Å². The summed E-state index contributed by atoms with van der Waals surface area (Å²) >= 11 is 0. The van der Waals surface area contributed by atoms with Crippen molar-refractivity contribution in [1.29, 1.82) is 0 Å². The van der Waals surface area contributed by atoms with Gasteiger partial charge in [-0.3, -0.25) is 18.7 Å². The Morgan fingerprint density at radius 1 is 0.944 bits per heavy atom. The largest absolute Gasteiger partial charge is 0.330 e. The van der Waals surface area contributed by atoms with Gasteiger partial charge >= 0.3 is 5.69 Å². The van der Waals surface area contributed by atoms with Gasteiger partial charge in [-0.15, -0.1) is 0 Å². The molecule has 4 aromatic rings. The number of halogens is 1. The molecule has 0 aliphatic rings. The van der Waals surface area contributed by atoms with E-state index >= 15 is 0 Å². The summed E-state index contributed by atoms with van der Waals surface area (Å²) in [6, 6.07) is 16.5. The molecule has 36 heavy (non-hydrogen) atoms. The van der Waals surface area contributed by atoms with Gasteiger partial charge in [0.2, 0.25) is 15.9 Å². The summed E-state index contributed by atoms with van der Waals surface area (Å²) in [7, 11) is -1.49. The van der Waals surface area contributed by atoms with E-state index in [-0.39, 0.29) is 22.2 Å². The predicted octanol–water partition coefficient (Wildman–Crippen LogP) is 1.90. The molecule has 1 aromatic heterocycles. The fourth-order valence-corrected chi connectivity index (χ4v) is 5.02. The highest BCUT2D eigenvalue weighted by Crippen LogP contribution is 2.17. The molecule has 9 nitrogen and oxygen atoms in total. The van der Waals surface area contributed by atoms with E-state index in [1.165, 1.54) is 61.1 Å². The molecule has 0 spiro atoms. The SMILES string of the molecule is Cn1c(=O)c2cc(S(=O)(=O)N[C@@H](Cc3ccccc3)C(=O)Nc3ccc(F)cc3)ccc2n(C)c1=O. The Hall–Kier alpha value is -4.09. The van der Waals surface area contributed by atoms with Crippen LogP contribution in [-0.2, 0) is 35.3 Å². The number of amides is 1. The van der Waals surface area contributed by atoms with Crippen LogP contribution < -0.4 is 21.3 Å². The zero-order valence-corrected chi connectivity index (χ0v) is 20.3. The zero-order chi connectivity index (χ0) is 26.0. The molecule has 1 atom stereocenters. The molecule has 0 aliphatic heterocycles. The van der Waals surface area contributed by atoms with Gasteiger partial charge in [-0.1, -0.05) is 30.3 Å². The third-order valence-electron chi connectivity index (χ3n) is 5.76. The van der Waals surface area contributed by atoms with Crippen LogP contribution in [0.5, 0.6) is 0 Å². The Morgan fingerprint density at radius 3 is 2.28 bits per heavy atom. The van der Waals surface area contributed by atoms with Crippen LogP contribution >= 0.6 is 0 Å². The van der Waals surface area contributed by atoms with E-state index in [0.717, 1.165) is 4.57 Å². The summed E-state index contributed by atoms with van der Waals surface area (Å²) < 4.78 is 44.4. The van der Waals surface area contributed by atoms with Gasteiger partial charge < -0.3 is 5.32 Å². The predicted molar refractivity (Wildman–Crippen MR) is 134 cm³/mol. The average Bonchev–Trinajstić information content (AvgIpc) is 2.87. The summed E-state index contributed by atoms with van der Waals surface area (Å²) in [5.41, 5.74) is 0.106. The fraction of sp³-hybridized carbons (Fsp3) is 0.160. The van der Waals surface area contributed by atoms with Crippen molar-refractivity contribution in [3.8, 4) is 0 Å². The Bertz CT molecular complexity index is 1660. The van der Waals surface area contributed by atoms with Crippen molar-refractivity contribution in [2.75, 3.05) is 5.32 Å². The van der Waals surface area contributed by atoms with E-state index in [2.05, 4.69) is 10.0 Å². The molecule has 4 rings (SSSR count). The van der Waals surface area contributed by atoms with Crippen LogP contribution in [0.1, 0.15) is 5.56 Å². The van der Waals surface area contributed by atoms with Crippen molar-refractivity contribution in [3.05, 3.63) is 105 Å². The number of nitrogens with zero attached hydrogens (tertiary/aromatic N) is 2. The number of aryl methyl sites for hydroxylation is 1. The number of carbonyl (C=O) groups is 1. The first-order valence-electron chi connectivity index (χ1n) is 10.9. The maximum absolute atomic E-state index is 13.3. The first kappa shape index (κ1) is 25.0. The molecule has 0 bridgehead atoms. The van der Waals surface area contributed by atoms with Crippen molar-refractivity contribution in [3.63, 3.8) is 0 Å². The van der Waals surface area contributed by atoms with E-state index in [9.17, 15) is 27.2 Å². The molecule has 0 saturated carbocycles. The standard InChI is InChI=1S/C25H23FN4O5S/c1-29-22-13-12-19(15-20(22)24(32)30(2)25(29)33)36(34,35)28-21(14-16-6-4-3-5-7-16)23(31)27-18-10-8-17(26)9-11-18/h3-13,15,21,28H,14H2,1-2H3,(H,27,31)/t21-/m0/s1. The maximum Gasteiger partial charge on any atom is 0.330 e. The molecular formula is C25H23FN4O5S. The lowest BCUT2D eigenvalue weighted by Gasteiger charge is -2.19. The van der Waals surface area contributed by atoms with Crippen LogP contribution in [0.25, 0.3) is 10.9 Å². The number of anilines is 1. The molecule has 2 N–H and O–H groups in total. The van der Waals surface area contributed by atoms with Crippen LogP contribution in [0.15, 0.2) is 87.3 Å². The number of hydrogen-bond acceptors (Lipinski definition) is 5. The van der Waals surface area contributed by atoms with Gasteiger partial charge in [0.15, 0.2) is 0 Å². The molecule has 1 heterocycles. The minimum Gasteiger partial charge on any atom is -0.325 e. The second-order valence-electron chi connectivity index (χ2n) is 8.24. The van der Waals surface area contributed by atoms with Gasteiger partial charge in [0.1, 0.15) is 11.9 Å². The second-order valence-corrected chi connectivity index (χ2v) is 9.96. The minimum absolute atomic E-state index is 0.0386. The molecule has 0 unspecified atom stereocenters. The maximum atomic E-state index is 13.3. The Morgan fingerprint density at radius 2 is 1.61 bits per heavy atom. The van der Waals surface area contributed by atoms with E-state index < -0.39 is 39.0 Å². The number of sulfonamides is 1. The second kappa shape index (κ2) is 9.88. The number of aromatic nitrogens is 2. The third kappa shape index (κ3) is 5.11. The van der Waals surface area contributed by atoms with Crippen LogP contribution in [-0.4, -0.2) is 29.5 Å². The lowest BCUT2D eigenvalue weighted by Crippen LogP contribution is -2.45. The highest BCUT2D eigenvalue weighted by atomic mass is 32.2. The van der Waals surface area contributed by atoms with Crippen LogP contribution in [0, 0.1) is 5.82 Å². The number of carbonyl (C=O) groups excluding carboxylic acids is 1. The van der Waals surface area contributed by atoms with Crippen molar-refractivity contribution in [2.24, 2.45) is 14.1 Å². The van der Waals surface area contributed by atoms with Gasteiger partial charge in [-0.25, -0.2) is 17.6 Å². The van der Waals surface area contributed by atoms with Gasteiger partial charge in [0.05, 0.1) is 15.8 Å². The lowest BCUT2D eigenvalue weighted by atomic mass is 10.1. The van der Waals surface area contributed by atoms with Crippen LogP contribution in [0.4, 0.5) is 10.1 Å². The molecule has 0 aliphatic carbocycles. The quantitative estimate of drug-likeness (QED) is 0.394. The molecule has 3 aromatic carbocycles. The van der Waals surface area contributed by atoms with E-state index in [1.807, 2.05) is 0 Å². The van der Waals surface area contributed by atoms with E-state index in [1.54, 1.807) is 30.3 Å². The van der Waals surface area contributed by atoms with Gasteiger partial charge in [0, 0.05) is 19.8 Å². The minimum atomic E-state index is -4.27. The summed E-state index contributed by atoms with van der Waals surface area (Å²) in [6.07, 6.45) is 0.0386. The van der Waals surface area contributed by atoms with Crippen molar-refractivity contribution in [2.45, 2.75) is 17.4 Å². The van der Waals surface area contributed by atoms with Gasteiger partial charge in [0.25, 0.3) is 5.56 Å². The van der Waals surface area contributed by atoms with Crippen LogP contribution in [0.3, 0.4) is 0 Å². The smallest absolute Gasteiger partial charge is 0.325 e. The Kier molecular flexibility index (Phi) is 6.86. The average molecular weight is 511 g/mol. The lowest BCUT2D eigenvalue weighted by molar-refractivity contribution is -0.117. The summed E-state index contributed by atoms with van der Waals surface area (Å²) in [5, 5.41) is 2.64. The first-order valence-corrected chi connectivity index (χ1v) is 12.4. The zero-order valence-electron chi connectivity index (χ0n) is 19.4. The Balaban J connectivity index is 1.70. The highest BCUT2D eigenvalue weighted by Gasteiger charge is 2.27. The fourth-order valence-electron chi connectivity index (χ4n) is 3.80. The molecule has 0 radical (unpaired) electrons. The van der Waals surface area contributed by atoms with Gasteiger partial charge in [-0.05, 0) is 54.4 Å². The molecule has 11 heteroatoms. The van der Waals surface area contributed by atoms with Crippen molar-refractivity contribution >= 4 is 32.5 Å². The summed E-state index contributed by atoms with van der Waals surface area (Å²) in [6.45, 7) is 0. The molecule has 0 saturated heterocycles. The number of hydrogen-bond donors (Lipinski definition) is 2. The molecule has 0 fully saturated rings. The highest BCUT2D eigenvalue weighted by molar-refractivity contribution is 7.89. The van der Waals surface area contributed by atoms with Gasteiger partial charge in [-0.2, -0.15) is 4.72 Å². The third-order valence-corrected chi connectivity index (χ3v) is 7.23. The monoisotopic (exact) mass is 510 g/mol. The molecular weight excluding hydrogens is 487 g/mol. The van der Waals surface area contributed by atoms with E-state index in [0.29, 0.717) is 11.3 Å². The first-order chi connectivity index (χ1) is 17.1. The summed E-state index contributed by atoms with van der Waals surface area (Å²) in [4.78, 5) is 37.6. The molecule has 186 valence electrons. The Labute approximate surface area is 205 Å². The van der Waals surface area contributed by atoms with E-state index in [4.69, 9.17) is 0 Å². The number of rotatable bonds is 7. The van der Waals surface area contributed by atoms with Crippen molar-refractivity contribution in [1.82, 2.24) is 13.9 Å². The number of nitrogens with one attached hydrogen (secondary N) is 2. The summed E-state index contributed by atoms with van der Waals surface area (Å²) in [5.74, 6) is -1.12. The number of benzene rings is 3. The van der Waals surface area contributed by atoms with Crippen LogP contribution in [0.2, 0.25) is 0 Å². The molecule has 1 amide bonds.